The van der Waals surface area contributed by atoms with Crippen LogP contribution in [0, 0.1) is 0 Å². The molecule has 24 heavy (non-hydrogen) atoms. The Morgan fingerprint density at radius 1 is 0.667 bits per heavy atom. The number of hydrogen-bond acceptors (Lipinski definition) is 4. The van der Waals surface area contributed by atoms with Crippen molar-refractivity contribution in [3.8, 4) is 0 Å². The third-order valence-electron chi connectivity index (χ3n) is 3.63. The van der Waals surface area contributed by atoms with Gasteiger partial charge in [-0.3, -0.25) is 20.0 Å². The fourth-order valence-electron chi connectivity index (χ4n) is 2.41. The van der Waals surface area contributed by atoms with Gasteiger partial charge < -0.3 is 0 Å². The van der Waals surface area contributed by atoms with E-state index < -0.39 is 0 Å². The number of rotatable bonds is 6. The summed E-state index contributed by atoms with van der Waals surface area (Å²) in [5.74, 6) is 0. The summed E-state index contributed by atoms with van der Waals surface area (Å²) in [6.07, 6.45) is 13.3. The molecule has 0 amide bonds. The second kappa shape index (κ2) is 8.67. The first-order valence-electron chi connectivity index (χ1n) is 8.16. The van der Waals surface area contributed by atoms with E-state index in [1.54, 1.807) is 0 Å². The van der Waals surface area contributed by atoms with Gasteiger partial charge in [-0.1, -0.05) is 24.3 Å². The first-order valence-corrected chi connectivity index (χ1v) is 8.16. The normalized spacial score (nSPS) is 16.8. The van der Waals surface area contributed by atoms with Crippen molar-refractivity contribution in [1.29, 1.82) is 0 Å². The average Bonchev–Trinajstić information content (AvgIpc) is 2.65. The van der Waals surface area contributed by atoms with Crippen molar-refractivity contribution < 1.29 is 0 Å². The van der Waals surface area contributed by atoms with E-state index in [1.807, 2.05) is 73.1 Å². The Morgan fingerprint density at radius 3 is 1.58 bits per heavy atom. The van der Waals surface area contributed by atoms with E-state index in [1.165, 1.54) is 0 Å². The molecule has 0 atom stereocenters. The number of nitrogens with zero attached hydrogens (tertiary/aromatic N) is 4. The predicted octanol–water partition coefficient (Wildman–Crippen LogP) is 3.27. The third kappa shape index (κ3) is 4.81. The highest BCUT2D eigenvalue weighted by atomic mass is 14.8. The summed E-state index contributed by atoms with van der Waals surface area (Å²) >= 11 is 0. The molecule has 4 nitrogen and oxygen atoms in total. The molecule has 2 aromatic rings. The van der Waals surface area contributed by atoms with Gasteiger partial charge >= 0.3 is 0 Å². The van der Waals surface area contributed by atoms with Gasteiger partial charge in [-0.15, -0.1) is 0 Å². The van der Waals surface area contributed by atoms with Crippen LogP contribution in [-0.2, 0) is 12.8 Å². The number of aromatic nitrogens is 2. The molecule has 0 N–H and O–H groups in total. The van der Waals surface area contributed by atoms with Crippen molar-refractivity contribution in [3.05, 3.63) is 84.5 Å². The molecule has 0 aliphatic heterocycles. The van der Waals surface area contributed by atoms with Crippen LogP contribution in [0.1, 0.15) is 11.4 Å². The summed E-state index contributed by atoms with van der Waals surface area (Å²) in [6.45, 7) is 1.42. The number of aliphatic imine (C=N–C) groups is 2. The fourth-order valence-corrected chi connectivity index (χ4v) is 2.41. The van der Waals surface area contributed by atoms with E-state index >= 15 is 0 Å². The van der Waals surface area contributed by atoms with Crippen molar-refractivity contribution in [1.82, 2.24) is 9.97 Å². The molecule has 1 aliphatic rings. The average molecular weight is 316 g/mol. The smallest absolute Gasteiger partial charge is 0.0826 e. The van der Waals surface area contributed by atoms with Crippen molar-refractivity contribution in [2.24, 2.45) is 9.98 Å². The topological polar surface area (TPSA) is 50.5 Å². The molecule has 2 heterocycles. The molecule has 120 valence electrons. The van der Waals surface area contributed by atoms with Gasteiger partial charge in [0.25, 0.3) is 0 Å². The van der Waals surface area contributed by atoms with Crippen LogP contribution < -0.4 is 0 Å². The van der Waals surface area contributed by atoms with Crippen molar-refractivity contribution in [2.45, 2.75) is 12.8 Å². The molecule has 0 spiro atoms. The molecule has 3 rings (SSSR count). The molecule has 0 unspecified atom stereocenters. The Labute approximate surface area is 142 Å². The van der Waals surface area contributed by atoms with E-state index in [0.29, 0.717) is 13.1 Å². The van der Waals surface area contributed by atoms with E-state index in [4.69, 9.17) is 0 Å². The Kier molecular flexibility index (Phi) is 5.78. The molecule has 0 radical (unpaired) electrons. The Morgan fingerprint density at radius 2 is 1.17 bits per heavy atom. The molecular weight excluding hydrogens is 296 g/mol. The van der Waals surface area contributed by atoms with E-state index in [-0.39, 0.29) is 0 Å². The second-order valence-corrected chi connectivity index (χ2v) is 5.39. The quantitative estimate of drug-likeness (QED) is 0.768. The van der Waals surface area contributed by atoms with Crippen molar-refractivity contribution >= 4 is 11.4 Å². The second-order valence-electron chi connectivity index (χ2n) is 5.39. The summed E-state index contributed by atoms with van der Waals surface area (Å²) in [7, 11) is 0. The Bertz CT molecular complexity index is 691. The lowest BCUT2D eigenvalue weighted by atomic mass is 10.1. The number of hydrogen-bond donors (Lipinski definition) is 0. The summed E-state index contributed by atoms with van der Waals surface area (Å²) < 4.78 is 0. The van der Waals surface area contributed by atoms with Crippen molar-refractivity contribution in [2.75, 3.05) is 13.1 Å². The van der Waals surface area contributed by atoms with Crippen LogP contribution in [0.3, 0.4) is 0 Å². The molecule has 1 aliphatic carbocycles. The van der Waals surface area contributed by atoms with Gasteiger partial charge in [0.2, 0.25) is 0 Å². The van der Waals surface area contributed by atoms with Crippen LogP contribution in [0.25, 0.3) is 0 Å². The zero-order valence-corrected chi connectivity index (χ0v) is 13.5. The zero-order chi connectivity index (χ0) is 16.5. The van der Waals surface area contributed by atoms with Gasteiger partial charge in [-0.05, 0) is 36.4 Å². The first-order chi connectivity index (χ1) is 11.9. The monoisotopic (exact) mass is 316 g/mol. The van der Waals surface area contributed by atoms with Crippen LogP contribution in [0.15, 0.2) is 83.1 Å². The minimum absolute atomic E-state index is 0.712. The zero-order valence-electron chi connectivity index (χ0n) is 13.5. The maximum atomic E-state index is 4.68. The minimum Gasteiger partial charge on any atom is -0.283 e. The van der Waals surface area contributed by atoms with Crippen LogP contribution in [0.4, 0.5) is 0 Å². The van der Waals surface area contributed by atoms with Gasteiger partial charge in [-0.2, -0.15) is 0 Å². The van der Waals surface area contributed by atoms with Crippen LogP contribution in [0.2, 0.25) is 0 Å². The molecule has 0 fully saturated rings. The van der Waals surface area contributed by atoms with Gasteiger partial charge in [-0.25, -0.2) is 0 Å². The predicted molar refractivity (Wildman–Crippen MR) is 98.8 cm³/mol. The van der Waals surface area contributed by atoms with E-state index in [2.05, 4.69) is 20.0 Å². The molecular formula is C20H20N4. The van der Waals surface area contributed by atoms with Crippen LogP contribution in [-0.4, -0.2) is 34.5 Å². The standard InChI is InChI=1S/C20H20N4/c1-2-10-20(24-16-12-18-8-4-6-14-22-18)19(9-1)23-15-11-17-7-3-5-13-21-17/h1-10,13-14H,11-12,15-16H2. The highest BCUT2D eigenvalue weighted by molar-refractivity contribution is 6.51. The Hall–Kier alpha value is -2.88. The fraction of sp³-hybridized carbons (Fsp3) is 0.200. The largest absolute Gasteiger partial charge is 0.283 e. The molecule has 4 heteroatoms. The van der Waals surface area contributed by atoms with Gasteiger partial charge in [0.15, 0.2) is 0 Å². The summed E-state index contributed by atoms with van der Waals surface area (Å²) in [6, 6.07) is 11.9. The SMILES string of the molecule is C1=CC(=NCCc2ccccn2)C(=NCCc2ccccn2)C=C1. The van der Waals surface area contributed by atoms with Crippen molar-refractivity contribution in [3.63, 3.8) is 0 Å². The highest BCUT2D eigenvalue weighted by Crippen LogP contribution is 2.02. The summed E-state index contributed by atoms with van der Waals surface area (Å²) in [5, 5.41) is 0. The lowest BCUT2D eigenvalue weighted by molar-refractivity contribution is 0.920. The third-order valence-corrected chi connectivity index (χ3v) is 3.63. The number of pyridine rings is 2. The summed E-state index contributed by atoms with van der Waals surface area (Å²) in [4.78, 5) is 18.0. The lowest BCUT2D eigenvalue weighted by Gasteiger charge is -2.06. The van der Waals surface area contributed by atoms with E-state index in [9.17, 15) is 0 Å². The molecule has 0 aromatic carbocycles. The molecule has 2 aromatic heterocycles. The first kappa shape index (κ1) is 16.0. The molecule has 0 saturated carbocycles. The molecule has 0 saturated heterocycles. The number of allylic oxidation sites excluding steroid dienone is 4. The van der Waals surface area contributed by atoms with Crippen LogP contribution >= 0.6 is 0 Å². The van der Waals surface area contributed by atoms with Gasteiger partial charge in [0, 0.05) is 49.7 Å². The maximum absolute atomic E-state index is 4.68. The Balaban J connectivity index is 1.58. The van der Waals surface area contributed by atoms with E-state index in [0.717, 1.165) is 35.7 Å². The van der Waals surface area contributed by atoms with Gasteiger partial charge in [0.05, 0.1) is 11.4 Å². The maximum Gasteiger partial charge on any atom is 0.0826 e. The summed E-state index contributed by atoms with van der Waals surface area (Å²) in [5.41, 5.74) is 4.00. The highest BCUT2D eigenvalue weighted by Gasteiger charge is 2.05. The molecule has 0 bridgehead atoms. The minimum atomic E-state index is 0.712. The van der Waals surface area contributed by atoms with Crippen LogP contribution in [0.5, 0.6) is 0 Å². The lowest BCUT2D eigenvalue weighted by Crippen LogP contribution is -2.14. The van der Waals surface area contributed by atoms with Gasteiger partial charge in [0.1, 0.15) is 0 Å².